The predicted molar refractivity (Wildman–Crippen MR) is 67.9 cm³/mol. The summed E-state index contributed by atoms with van der Waals surface area (Å²) >= 11 is 2.88. The van der Waals surface area contributed by atoms with Crippen LogP contribution in [0.15, 0.2) is 22.7 Å². The lowest BCUT2D eigenvalue weighted by atomic mass is 10.1. The van der Waals surface area contributed by atoms with E-state index < -0.39 is 29.5 Å². The highest BCUT2D eigenvalue weighted by Gasteiger charge is 2.51. The van der Waals surface area contributed by atoms with Gasteiger partial charge in [0, 0.05) is 5.56 Å². The third-order valence-electron chi connectivity index (χ3n) is 2.93. The summed E-state index contributed by atoms with van der Waals surface area (Å²) in [6.07, 6.45) is -4.32. The van der Waals surface area contributed by atoms with Gasteiger partial charge in [0.25, 0.3) is 5.91 Å². The lowest BCUT2D eigenvalue weighted by molar-refractivity contribution is -0.274. The number of benzene rings is 1. The molecule has 1 amide bonds. The minimum Gasteiger partial charge on any atom is -0.480 e. The maximum Gasteiger partial charge on any atom is 0.573 e. The van der Waals surface area contributed by atoms with Gasteiger partial charge in [-0.1, -0.05) is 0 Å². The van der Waals surface area contributed by atoms with Crippen molar-refractivity contribution in [2.24, 2.45) is 0 Å². The number of carbonyl (C=O) groups is 2. The molecule has 1 aliphatic rings. The molecule has 0 saturated heterocycles. The fraction of sp³-hybridized carbons (Fsp3) is 0.333. The Morgan fingerprint density at radius 1 is 1.33 bits per heavy atom. The molecular weight excluding hydrogens is 359 g/mol. The summed E-state index contributed by atoms with van der Waals surface area (Å²) in [6.45, 7) is 0. The molecule has 114 valence electrons. The predicted octanol–water partition coefficient (Wildman–Crippen LogP) is 2.69. The van der Waals surface area contributed by atoms with Crippen molar-refractivity contribution in [2.75, 3.05) is 0 Å². The van der Waals surface area contributed by atoms with Gasteiger partial charge in [0.15, 0.2) is 0 Å². The highest BCUT2D eigenvalue weighted by molar-refractivity contribution is 9.10. The van der Waals surface area contributed by atoms with E-state index >= 15 is 0 Å². The van der Waals surface area contributed by atoms with E-state index in [4.69, 9.17) is 5.11 Å². The zero-order chi connectivity index (χ0) is 15.8. The first kappa shape index (κ1) is 15.6. The number of halogens is 4. The van der Waals surface area contributed by atoms with Gasteiger partial charge in [-0.15, -0.1) is 13.2 Å². The molecule has 1 fully saturated rings. The molecule has 2 rings (SSSR count). The Balaban J connectivity index is 2.19. The van der Waals surface area contributed by atoms with Crippen molar-refractivity contribution in [1.29, 1.82) is 0 Å². The molecule has 0 radical (unpaired) electrons. The number of hydrogen-bond acceptors (Lipinski definition) is 3. The lowest BCUT2D eigenvalue weighted by Crippen LogP contribution is -2.43. The number of nitrogens with one attached hydrogen (secondary N) is 1. The summed E-state index contributed by atoms with van der Waals surface area (Å²) in [5, 5.41) is 11.3. The van der Waals surface area contributed by atoms with E-state index in [2.05, 4.69) is 26.0 Å². The smallest absolute Gasteiger partial charge is 0.480 e. The van der Waals surface area contributed by atoms with Crippen LogP contribution in [0.25, 0.3) is 0 Å². The molecule has 9 heteroatoms. The van der Waals surface area contributed by atoms with Crippen LogP contribution in [-0.2, 0) is 4.79 Å². The van der Waals surface area contributed by atoms with Crippen molar-refractivity contribution in [3.8, 4) is 5.75 Å². The number of alkyl halides is 3. The van der Waals surface area contributed by atoms with Crippen LogP contribution in [0.3, 0.4) is 0 Å². The summed E-state index contributed by atoms with van der Waals surface area (Å²) in [5.41, 5.74) is -1.43. The maximum absolute atomic E-state index is 12.2. The van der Waals surface area contributed by atoms with Crippen LogP contribution >= 0.6 is 15.9 Å². The second-order valence-corrected chi connectivity index (χ2v) is 5.39. The monoisotopic (exact) mass is 367 g/mol. The molecule has 1 aromatic carbocycles. The highest BCUT2D eigenvalue weighted by Crippen LogP contribution is 2.36. The molecule has 1 saturated carbocycles. The second kappa shape index (κ2) is 5.21. The van der Waals surface area contributed by atoms with Crippen LogP contribution < -0.4 is 10.1 Å². The number of carbonyl (C=O) groups excluding carboxylic acids is 1. The zero-order valence-electron chi connectivity index (χ0n) is 10.3. The van der Waals surface area contributed by atoms with Gasteiger partial charge in [-0.05, 0) is 47.0 Å². The van der Waals surface area contributed by atoms with E-state index in [-0.39, 0.29) is 22.9 Å². The number of carboxylic acid groups (broad SMARTS) is 1. The van der Waals surface area contributed by atoms with E-state index in [9.17, 15) is 22.8 Å². The lowest BCUT2D eigenvalue weighted by Gasteiger charge is -2.14. The van der Waals surface area contributed by atoms with Crippen molar-refractivity contribution in [1.82, 2.24) is 5.32 Å². The highest BCUT2D eigenvalue weighted by atomic mass is 79.9. The molecule has 1 aliphatic carbocycles. The van der Waals surface area contributed by atoms with Crippen molar-refractivity contribution in [3.63, 3.8) is 0 Å². The Kier molecular flexibility index (Phi) is 3.87. The SMILES string of the molecule is O=C(NC1(C(=O)O)CC1)c1ccc(Br)c(OC(F)(F)F)c1. The minimum atomic E-state index is -4.89. The minimum absolute atomic E-state index is 0.0238. The number of ether oxygens (including phenoxy) is 1. The molecular formula is C12H9BrF3NO4. The Bertz CT molecular complexity index is 599. The van der Waals surface area contributed by atoms with E-state index in [1.54, 1.807) is 0 Å². The van der Waals surface area contributed by atoms with Crippen LogP contribution in [0.4, 0.5) is 13.2 Å². The number of aliphatic carboxylic acids is 1. The topological polar surface area (TPSA) is 75.6 Å². The molecule has 1 aromatic rings. The van der Waals surface area contributed by atoms with Gasteiger partial charge in [-0.3, -0.25) is 4.79 Å². The first-order chi connectivity index (χ1) is 9.63. The van der Waals surface area contributed by atoms with Gasteiger partial charge in [-0.2, -0.15) is 0 Å². The zero-order valence-corrected chi connectivity index (χ0v) is 11.9. The van der Waals surface area contributed by atoms with E-state index in [0.717, 1.165) is 6.07 Å². The van der Waals surface area contributed by atoms with Crippen LogP contribution in [0, 0.1) is 0 Å². The molecule has 0 unspecified atom stereocenters. The summed E-state index contributed by atoms with van der Waals surface area (Å²) in [4.78, 5) is 22.9. The Morgan fingerprint density at radius 3 is 2.43 bits per heavy atom. The van der Waals surface area contributed by atoms with Gasteiger partial charge in [-0.25, -0.2) is 4.79 Å². The van der Waals surface area contributed by atoms with E-state index in [1.165, 1.54) is 12.1 Å². The van der Waals surface area contributed by atoms with Crippen molar-refractivity contribution < 1.29 is 32.6 Å². The van der Waals surface area contributed by atoms with Gasteiger partial charge in [0.1, 0.15) is 11.3 Å². The van der Waals surface area contributed by atoms with Crippen molar-refractivity contribution in [3.05, 3.63) is 28.2 Å². The van der Waals surface area contributed by atoms with Crippen LogP contribution in [0.5, 0.6) is 5.75 Å². The number of amides is 1. The van der Waals surface area contributed by atoms with Crippen molar-refractivity contribution >= 4 is 27.8 Å². The van der Waals surface area contributed by atoms with Crippen molar-refractivity contribution in [2.45, 2.75) is 24.7 Å². The van der Waals surface area contributed by atoms with Gasteiger partial charge < -0.3 is 15.2 Å². The second-order valence-electron chi connectivity index (χ2n) is 4.53. The average molecular weight is 368 g/mol. The largest absolute Gasteiger partial charge is 0.573 e. The van der Waals surface area contributed by atoms with E-state index in [1.807, 2.05) is 0 Å². The third-order valence-corrected chi connectivity index (χ3v) is 3.59. The molecule has 0 atom stereocenters. The summed E-state index contributed by atoms with van der Waals surface area (Å²) < 4.78 is 40.5. The maximum atomic E-state index is 12.2. The summed E-state index contributed by atoms with van der Waals surface area (Å²) in [6, 6.07) is 3.38. The Labute approximate surface area is 125 Å². The number of hydrogen-bond donors (Lipinski definition) is 2. The normalized spacial score (nSPS) is 16.2. The molecule has 0 spiro atoms. The van der Waals surface area contributed by atoms with Crippen LogP contribution in [0.2, 0.25) is 0 Å². The Morgan fingerprint density at radius 2 is 1.95 bits per heavy atom. The Hall–Kier alpha value is -1.77. The number of carboxylic acids is 1. The summed E-state index contributed by atoms with van der Waals surface area (Å²) in [7, 11) is 0. The van der Waals surface area contributed by atoms with Crippen LogP contribution in [0.1, 0.15) is 23.2 Å². The van der Waals surface area contributed by atoms with E-state index in [0.29, 0.717) is 0 Å². The molecule has 0 aromatic heterocycles. The fourth-order valence-electron chi connectivity index (χ4n) is 1.65. The first-order valence-corrected chi connectivity index (χ1v) is 6.53. The third kappa shape index (κ3) is 3.66. The van der Waals surface area contributed by atoms with Gasteiger partial charge in [0.05, 0.1) is 4.47 Å². The van der Waals surface area contributed by atoms with Gasteiger partial charge >= 0.3 is 12.3 Å². The number of rotatable bonds is 4. The summed E-state index contributed by atoms with van der Waals surface area (Å²) in [5.74, 6) is -2.51. The molecule has 0 aliphatic heterocycles. The average Bonchev–Trinajstić information content (AvgIpc) is 3.11. The first-order valence-electron chi connectivity index (χ1n) is 5.74. The molecule has 2 N–H and O–H groups in total. The van der Waals surface area contributed by atoms with Gasteiger partial charge in [0.2, 0.25) is 0 Å². The molecule has 21 heavy (non-hydrogen) atoms. The molecule has 5 nitrogen and oxygen atoms in total. The van der Waals surface area contributed by atoms with Crippen LogP contribution in [-0.4, -0.2) is 28.9 Å². The fourth-order valence-corrected chi connectivity index (χ4v) is 1.98. The molecule has 0 bridgehead atoms. The standard InChI is InChI=1S/C12H9BrF3NO4/c13-7-2-1-6(5-8(7)21-12(14,15)16)9(18)17-11(3-4-11)10(19)20/h1-2,5H,3-4H2,(H,17,18)(H,19,20). The quantitative estimate of drug-likeness (QED) is 0.857. The molecule has 0 heterocycles.